The van der Waals surface area contributed by atoms with Gasteiger partial charge in [-0.15, -0.1) is 0 Å². The smallest absolute Gasteiger partial charge is 0.307 e. The number of carboxylic acid groups (broad SMARTS) is 1. The standard InChI is InChI=1S/C14H21N3O4/c1-7-10(6-5-9(13(19)20)14(7,3)4)16-12(18)11-15-8(2)21-17-11/h7,9-10H,5-6H2,1-4H3,(H,16,18)(H,19,20). The Morgan fingerprint density at radius 1 is 1.38 bits per heavy atom. The van der Waals surface area contributed by atoms with E-state index in [2.05, 4.69) is 15.5 Å². The third-order valence-corrected chi connectivity index (χ3v) is 4.79. The van der Waals surface area contributed by atoms with Gasteiger partial charge in [0.05, 0.1) is 5.92 Å². The van der Waals surface area contributed by atoms with Gasteiger partial charge in [-0.1, -0.05) is 25.9 Å². The van der Waals surface area contributed by atoms with Crippen molar-refractivity contribution in [2.45, 2.75) is 46.6 Å². The Bertz CT molecular complexity index is 552. The van der Waals surface area contributed by atoms with Crippen molar-refractivity contribution in [1.29, 1.82) is 0 Å². The van der Waals surface area contributed by atoms with E-state index in [1.54, 1.807) is 6.92 Å². The fourth-order valence-corrected chi connectivity index (χ4v) is 3.07. The lowest BCUT2D eigenvalue weighted by atomic mass is 9.61. The molecule has 1 heterocycles. The Labute approximate surface area is 123 Å². The van der Waals surface area contributed by atoms with E-state index in [0.717, 1.165) is 0 Å². The lowest BCUT2D eigenvalue weighted by molar-refractivity contribution is -0.150. The highest BCUT2D eigenvalue weighted by molar-refractivity contribution is 5.90. The normalized spacial score (nSPS) is 28.1. The molecule has 7 heteroatoms. The van der Waals surface area contributed by atoms with Gasteiger partial charge in [0.15, 0.2) is 0 Å². The summed E-state index contributed by atoms with van der Waals surface area (Å²) in [7, 11) is 0. The molecule has 21 heavy (non-hydrogen) atoms. The average molecular weight is 295 g/mol. The van der Waals surface area contributed by atoms with Crippen LogP contribution in [0.25, 0.3) is 0 Å². The van der Waals surface area contributed by atoms with Gasteiger partial charge in [-0.3, -0.25) is 9.59 Å². The molecule has 0 spiro atoms. The molecule has 1 saturated carbocycles. The average Bonchev–Trinajstić information content (AvgIpc) is 2.81. The van der Waals surface area contributed by atoms with Gasteiger partial charge in [0.1, 0.15) is 0 Å². The lowest BCUT2D eigenvalue weighted by Crippen LogP contribution is -2.52. The second-order valence-corrected chi connectivity index (χ2v) is 6.30. The van der Waals surface area contributed by atoms with Gasteiger partial charge in [0.25, 0.3) is 11.7 Å². The van der Waals surface area contributed by atoms with E-state index in [-0.39, 0.29) is 23.7 Å². The summed E-state index contributed by atoms with van der Waals surface area (Å²) in [5.41, 5.74) is -0.394. The van der Waals surface area contributed by atoms with Crippen LogP contribution in [0.5, 0.6) is 0 Å². The molecule has 116 valence electrons. The van der Waals surface area contributed by atoms with Crippen LogP contribution < -0.4 is 5.32 Å². The molecule has 1 fully saturated rings. The van der Waals surface area contributed by atoms with Crippen molar-refractivity contribution < 1.29 is 19.2 Å². The second-order valence-electron chi connectivity index (χ2n) is 6.30. The second kappa shape index (κ2) is 5.46. The maximum absolute atomic E-state index is 12.1. The minimum atomic E-state index is -0.773. The van der Waals surface area contributed by atoms with Crippen molar-refractivity contribution in [3.63, 3.8) is 0 Å². The zero-order valence-electron chi connectivity index (χ0n) is 12.7. The first-order valence-electron chi connectivity index (χ1n) is 7.07. The van der Waals surface area contributed by atoms with Crippen molar-refractivity contribution in [3.8, 4) is 0 Å². The van der Waals surface area contributed by atoms with E-state index in [4.69, 9.17) is 4.52 Å². The number of hydrogen-bond donors (Lipinski definition) is 2. The third kappa shape index (κ3) is 2.91. The minimum Gasteiger partial charge on any atom is -0.481 e. The summed E-state index contributed by atoms with van der Waals surface area (Å²) in [4.78, 5) is 27.3. The molecule has 0 radical (unpaired) electrons. The van der Waals surface area contributed by atoms with Crippen LogP contribution in [0.15, 0.2) is 4.52 Å². The number of aliphatic carboxylic acids is 1. The number of aryl methyl sites for hydroxylation is 1. The molecule has 2 N–H and O–H groups in total. The van der Waals surface area contributed by atoms with Gasteiger partial charge in [0, 0.05) is 13.0 Å². The van der Waals surface area contributed by atoms with Gasteiger partial charge in [-0.05, 0) is 24.2 Å². The Morgan fingerprint density at radius 2 is 2.05 bits per heavy atom. The number of aromatic nitrogens is 2. The Hall–Kier alpha value is -1.92. The molecule has 0 aliphatic heterocycles. The number of nitrogens with zero attached hydrogens (tertiary/aromatic N) is 2. The molecule has 0 saturated heterocycles. The fraction of sp³-hybridized carbons (Fsp3) is 0.714. The number of rotatable bonds is 3. The van der Waals surface area contributed by atoms with Crippen molar-refractivity contribution in [2.24, 2.45) is 17.3 Å². The van der Waals surface area contributed by atoms with E-state index < -0.39 is 17.3 Å². The van der Waals surface area contributed by atoms with Crippen molar-refractivity contribution in [2.75, 3.05) is 0 Å². The highest BCUT2D eigenvalue weighted by Gasteiger charge is 2.46. The third-order valence-electron chi connectivity index (χ3n) is 4.79. The number of carbonyl (C=O) groups excluding carboxylic acids is 1. The van der Waals surface area contributed by atoms with E-state index in [1.807, 2.05) is 20.8 Å². The van der Waals surface area contributed by atoms with Crippen LogP contribution in [0.2, 0.25) is 0 Å². The first kappa shape index (κ1) is 15.5. The number of amides is 1. The number of carbonyl (C=O) groups is 2. The molecule has 1 aromatic rings. The molecule has 1 amide bonds. The largest absolute Gasteiger partial charge is 0.481 e. The molecule has 2 rings (SSSR count). The SMILES string of the molecule is Cc1nc(C(=O)NC2CCC(C(=O)O)C(C)(C)C2C)no1. The number of nitrogens with one attached hydrogen (secondary N) is 1. The first-order chi connectivity index (χ1) is 9.73. The van der Waals surface area contributed by atoms with E-state index in [0.29, 0.717) is 18.7 Å². The molecule has 3 atom stereocenters. The van der Waals surface area contributed by atoms with Crippen LogP contribution in [0.4, 0.5) is 0 Å². The maximum atomic E-state index is 12.1. The van der Waals surface area contributed by atoms with Crippen LogP contribution in [0, 0.1) is 24.2 Å². The topological polar surface area (TPSA) is 105 Å². The van der Waals surface area contributed by atoms with Gasteiger partial charge < -0.3 is 14.9 Å². The van der Waals surface area contributed by atoms with E-state index in [9.17, 15) is 14.7 Å². The minimum absolute atomic E-state index is 0.0119. The molecule has 3 unspecified atom stereocenters. The van der Waals surface area contributed by atoms with Crippen molar-refractivity contribution in [3.05, 3.63) is 11.7 Å². The van der Waals surface area contributed by atoms with Crippen LogP contribution in [-0.2, 0) is 4.79 Å². The highest BCUT2D eigenvalue weighted by Crippen LogP contribution is 2.45. The van der Waals surface area contributed by atoms with E-state index in [1.165, 1.54) is 0 Å². The summed E-state index contributed by atoms with van der Waals surface area (Å²) in [5.74, 6) is -1.17. The van der Waals surface area contributed by atoms with Crippen molar-refractivity contribution in [1.82, 2.24) is 15.5 Å². The fourth-order valence-electron chi connectivity index (χ4n) is 3.07. The van der Waals surface area contributed by atoms with Gasteiger partial charge in [0.2, 0.25) is 5.89 Å². The molecule has 0 bridgehead atoms. The summed E-state index contributed by atoms with van der Waals surface area (Å²) < 4.78 is 4.79. The molecular formula is C14H21N3O4. The molecule has 1 aliphatic carbocycles. The molecule has 7 nitrogen and oxygen atoms in total. The Kier molecular flexibility index (Phi) is 4.02. The Morgan fingerprint density at radius 3 is 2.57 bits per heavy atom. The summed E-state index contributed by atoms with van der Waals surface area (Å²) >= 11 is 0. The molecule has 0 aromatic carbocycles. The maximum Gasteiger partial charge on any atom is 0.307 e. The van der Waals surface area contributed by atoms with Gasteiger partial charge in [-0.25, -0.2) is 0 Å². The van der Waals surface area contributed by atoms with Crippen LogP contribution in [-0.4, -0.2) is 33.2 Å². The lowest BCUT2D eigenvalue weighted by Gasteiger charge is -2.46. The quantitative estimate of drug-likeness (QED) is 0.878. The zero-order valence-corrected chi connectivity index (χ0v) is 12.7. The number of hydrogen-bond acceptors (Lipinski definition) is 5. The monoisotopic (exact) mass is 295 g/mol. The van der Waals surface area contributed by atoms with Crippen LogP contribution in [0.3, 0.4) is 0 Å². The molecule has 1 aliphatic rings. The predicted octanol–water partition coefficient (Wildman–Crippen LogP) is 1.63. The number of carboxylic acids is 1. The first-order valence-corrected chi connectivity index (χ1v) is 7.07. The predicted molar refractivity (Wildman–Crippen MR) is 73.6 cm³/mol. The zero-order chi connectivity index (χ0) is 15.8. The summed E-state index contributed by atoms with van der Waals surface area (Å²) in [5, 5.41) is 15.8. The summed E-state index contributed by atoms with van der Waals surface area (Å²) in [6.07, 6.45) is 1.17. The summed E-state index contributed by atoms with van der Waals surface area (Å²) in [6, 6.07) is -0.0955. The van der Waals surface area contributed by atoms with Crippen molar-refractivity contribution >= 4 is 11.9 Å². The highest BCUT2D eigenvalue weighted by atomic mass is 16.5. The van der Waals surface area contributed by atoms with Crippen LogP contribution in [0.1, 0.15) is 50.1 Å². The van der Waals surface area contributed by atoms with Gasteiger partial charge in [-0.2, -0.15) is 4.98 Å². The molecular weight excluding hydrogens is 274 g/mol. The summed E-state index contributed by atoms with van der Waals surface area (Å²) in [6.45, 7) is 7.47. The van der Waals surface area contributed by atoms with Gasteiger partial charge >= 0.3 is 5.97 Å². The Balaban J connectivity index is 2.09. The van der Waals surface area contributed by atoms with Crippen LogP contribution >= 0.6 is 0 Å². The van der Waals surface area contributed by atoms with E-state index >= 15 is 0 Å². The molecule has 1 aromatic heterocycles.